The predicted molar refractivity (Wildman–Crippen MR) is 38.1 cm³/mol. The maximum Gasteiger partial charge on any atom is 1.00 e. The van der Waals surface area contributed by atoms with E-state index in [0.29, 0.717) is 13.1 Å². The zero-order valence-corrected chi connectivity index (χ0v) is 8.29. The molecule has 0 rings (SSSR count). The van der Waals surface area contributed by atoms with Crippen LogP contribution in [0, 0.1) is 0 Å². The Morgan fingerprint density at radius 3 is 2.56 bits per heavy atom. The maximum atomic E-state index is 5.13. The first kappa shape index (κ1) is 12.3. The second kappa shape index (κ2) is 8.61. The number of nitrogens with one attached hydrogen (secondary N) is 2. The topological polar surface area (TPSA) is 76.1 Å². The van der Waals surface area contributed by atoms with Crippen LogP contribution in [0.3, 0.4) is 0 Å². The van der Waals surface area contributed by atoms with Crippen LogP contribution in [0.25, 0.3) is 0 Å². The molecule has 6 N–H and O–H groups in total. The first-order valence-electron chi connectivity index (χ1n) is 2.25. The molecule has 0 aromatic rings. The number of nitrogens with two attached hydrogens (primary N) is 2. The fraction of sp³-hybridized carbons (Fsp3) is 0.667. The van der Waals surface area contributed by atoms with E-state index in [4.69, 9.17) is 11.5 Å². The van der Waals surface area contributed by atoms with Crippen molar-refractivity contribution in [2.24, 2.45) is 11.5 Å². The largest absolute Gasteiger partial charge is 1.00 e. The normalized spacial score (nSPS) is 7.67. The van der Waals surface area contributed by atoms with E-state index in [0.717, 1.165) is 0 Å². The molecule has 0 aliphatic rings. The summed E-state index contributed by atoms with van der Waals surface area (Å²) in [6.45, 7) is 1.23. The molecule has 0 bridgehead atoms. The fourth-order valence-electron chi connectivity index (χ4n) is 0.222. The Hall–Kier alpha value is 0.610. The van der Waals surface area contributed by atoms with Gasteiger partial charge in [0.05, 0.1) is 0 Å². The quantitative estimate of drug-likeness (QED) is 0.144. The molecular formula is C3H11N4NaS. The van der Waals surface area contributed by atoms with Gasteiger partial charge in [-0.25, -0.2) is 5.43 Å². The Kier molecular flexibility index (Phi) is 11.8. The standard InChI is InChI=1S/C3H10N4S.Na.H/c4-1-2-6-7-3(5)8;;/h6H,1-2,4H2,(H3,5,7,8);;/q;+1;-1. The number of rotatable bonds is 3. The number of thiocarbonyl (C=S) groups is 1. The van der Waals surface area contributed by atoms with Crippen LogP contribution in [0.15, 0.2) is 0 Å². The van der Waals surface area contributed by atoms with Crippen molar-refractivity contribution in [1.29, 1.82) is 0 Å². The Bertz CT molecular complexity index is 82.9. The summed E-state index contributed by atoms with van der Waals surface area (Å²) in [7, 11) is 0. The zero-order chi connectivity index (χ0) is 6.41. The van der Waals surface area contributed by atoms with Gasteiger partial charge in [0.15, 0.2) is 5.11 Å². The molecular weight excluding hydrogens is 147 g/mol. The van der Waals surface area contributed by atoms with Crippen molar-refractivity contribution in [2.45, 2.75) is 0 Å². The summed E-state index contributed by atoms with van der Waals surface area (Å²) in [5.74, 6) is 0. The Morgan fingerprint density at radius 2 is 2.22 bits per heavy atom. The monoisotopic (exact) mass is 158 g/mol. The first-order chi connectivity index (χ1) is 3.77. The molecule has 0 amide bonds. The minimum absolute atomic E-state index is 0. The molecule has 0 saturated heterocycles. The van der Waals surface area contributed by atoms with E-state index < -0.39 is 0 Å². The molecule has 0 aromatic heterocycles. The Morgan fingerprint density at radius 1 is 1.67 bits per heavy atom. The molecule has 4 nitrogen and oxygen atoms in total. The van der Waals surface area contributed by atoms with Gasteiger partial charge in [-0.3, -0.25) is 5.43 Å². The van der Waals surface area contributed by atoms with Crippen LogP contribution in [0.1, 0.15) is 1.43 Å². The van der Waals surface area contributed by atoms with Crippen LogP contribution in [-0.2, 0) is 0 Å². The van der Waals surface area contributed by atoms with Crippen molar-refractivity contribution >= 4 is 17.3 Å². The summed E-state index contributed by atoms with van der Waals surface area (Å²) >= 11 is 4.47. The van der Waals surface area contributed by atoms with Gasteiger partial charge in [-0.05, 0) is 12.2 Å². The molecule has 0 fully saturated rings. The average molecular weight is 158 g/mol. The van der Waals surface area contributed by atoms with Crippen molar-refractivity contribution in [1.82, 2.24) is 10.9 Å². The third kappa shape index (κ3) is 12.0. The van der Waals surface area contributed by atoms with Crippen molar-refractivity contribution in [3.8, 4) is 0 Å². The van der Waals surface area contributed by atoms with E-state index in [9.17, 15) is 0 Å². The van der Waals surface area contributed by atoms with Gasteiger partial charge >= 0.3 is 29.6 Å². The molecule has 0 unspecified atom stereocenters. The van der Waals surface area contributed by atoms with Crippen LogP contribution >= 0.6 is 12.2 Å². The number of hydrogen-bond acceptors (Lipinski definition) is 3. The number of hydrogen-bond donors (Lipinski definition) is 4. The van der Waals surface area contributed by atoms with E-state index in [-0.39, 0.29) is 36.1 Å². The Labute approximate surface area is 83.5 Å². The summed E-state index contributed by atoms with van der Waals surface area (Å²) in [6, 6.07) is 0. The van der Waals surface area contributed by atoms with Crippen LogP contribution < -0.4 is 51.9 Å². The minimum atomic E-state index is 0. The van der Waals surface area contributed by atoms with Gasteiger partial charge in [-0.1, -0.05) is 0 Å². The SMILES string of the molecule is NCCNNC(N)=S.[H-].[Na+]. The van der Waals surface area contributed by atoms with Gasteiger partial charge in [0.1, 0.15) is 0 Å². The van der Waals surface area contributed by atoms with Crippen molar-refractivity contribution in [2.75, 3.05) is 13.1 Å². The second-order valence-electron chi connectivity index (χ2n) is 1.20. The minimum Gasteiger partial charge on any atom is -1.00 e. The molecule has 0 radical (unpaired) electrons. The summed E-state index contributed by atoms with van der Waals surface area (Å²) in [6.07, 6.45) is 0. The Balaban J connectivity index is -0.000000245. The molecule has 0 aliphatic heterocycles. The molecule has 50 valence electrons. The van der Waals surface area contributed by atoms with Crippen LogP contribution in [0.4, 0.5) is 0 Å². The molecule has 6 heteroatoms. The maximum absolute atomic E-state index is 5.13. The van der Waals surface area contributed by atoms with Crippen LogP contribution in [0.2, 0.25) is 0 Å². The molecule has 0 aliphatic carbocycles. The zero-order valence-electron chi connectivity index (χ0n) is 6.48. The molecule has 0 heterocycles. The van der Waals surface area contributed by atoms with Crippen LogP contribution in [0.5, 0.6) is 0 Å². The van der Waals surface area contributed by atoms with E-state index in [1.54, 1.807) is 0 Å². The van der Waals surface area contributed by atoms with Gasteiger partial charge < -0.3 is 12.9 Å². The number of hydrazine groups is 1. The van der Waals surface area contributed by atoms with Crippen molar-refractivity contribution in [3.63, 3.8) is 0 Å². The van der Waals surface area contributed by atoms with Gasteiger partial charge in [-0.2, -0.15) is 0 Å². The summed E-state index contributed by atoms with van der Waals surface area (Å²) in [5, 5.41) is 0.235. The van der Waals surface area contributed by atoms with E-state index in [1.807, 2.05) is 0 Å². The van der Waals surface area contributed by atoms with Crippen LogP contribution in [-0.4, -0.2) is 18.2 Å². The second-order valence-corrected chi connectivity index (χ2v) is 1.64. The first-order valence-corrected chi connectivity index (χ1v) is 2.66. The molecule has 0 spiro atoms. The van der Waals surface area contributed by atoms with Crippen molar-refractivity contribution in [3.05, 3.63) is 0 Å². The van der Waals surface area contributed by atoms with E-state index in [1.165, 1.54) is 0 Å². The molecule has 0 saturated carbocycles. The predicted octanol–water partition coefficient (Wildman–Crippen LogP) is -4.60. The van der Waals surface area contributed by atoms with E-state index in [2.05, 4.69) is 23.1 Å². The molecule has 0 atom stereocenters. The summed E-state index contributed by atoms with van der Waals surface area (Å²) in [5.41, 5.74) is 15.4. The van der Waals surface area contributed by atoms with Crippen molar-refractivity contribution < 1.29 is 31.0 Å². The van der Waals surface area contributed by atoms with Gasteiger partial charge in [-0.15, -0.1) is 0 Å². The summed E-state index contributed by atoms with van der Waals surface area (Å²) < 4.78 is 0. The smallest absolute Gasteiger partial charge is 1.00 e. The van der Waals surface area contributed by atoms with E-state index >= 15 is 0 Å². The fourth-order valence-corrected chi connectivity index (χ4v) is 0.294. The molecule has 9 heavy (non-hydrogen) atoms. The molecule has 0 aromatic carbocycles. The van der Waals surface area contributed by atoms with Gasteiger partial charge in [0.25, 0.3) is 0 Å². The van der Waals surface area contributed by atoms with Gasteiger partial charge in [0, 0.05) is 13.1 Å². The van der Waals surface area contributed by atoms with Gasteiger partial charge in [0.2, 0.25) is 0 Å². The third-order valence-electron chi connectivity index (χ3n) is 0.481. The average Bonchev–Trinajstić information content (AvgIpc) is 1.66. The summed E-state index contributed by atoms with van der Waals surface area (Å²) in [4.78, 5) is 0. The third-order valence-corrected chi connectivity index (χ3v) is 0.583.